The van der Waals surface area contributed by atoms with Crippen LogP contribution < -0.4 is 5.32 Å². The van der Waals surface area contributed by atoms with E-state index in [9.17, 15) is 4.39 Å². The van der Waals surface area contributed by atoms with Gasteiger partial charge in [0.2, 0.25) is 0 Å². The average molecular weight is 326 g/mol. The molecule has 3 unspecified atom stereocenters. The zero-order valence-corrected chi connectivity index (χ0v) is 12.9. The van der Waals surface area contributed by atoms with Gasteiger partial charge in [0.25, 0.3) is 0 Å². The maximum atomic E-state index is 14.4. The molecule has 0 saturated heterocycles. The third-order valence-corrected chi connectivity index (χ3v) is 5.40. The van der Waals surface area contributed by atoms with Gasteiger partial charge in [-0.3, -0.25) is 0 Å². The van der Waals surface area contributed by atoms with Crippen molar-refractivity contribution in [2.24, 2.45) is 17.8 Å². The maximum Gasteiger partial charge on any atom is 0.142 e. The van der Waals surface area contributed by atoms with Crippen LogP contribution in [0.2, 0.25) is 0 Å². The molecule has 104 valence electrons. The molecule has 1 aromatic carbocycles. The minimum Gasteiger partial charge on any atom is -0.310 e. The third kappa shape index (κ3) is 2.47. The number of nitrogens with one attached hydrogen (secondary N) is 1. The normalized spacial score (nSPS) is 30.2. The lowest BCUT2D eigenvalue weighted by Gasteiger charge is -2.22. The summed E-state index contributed by atoms with van der Waals surface area (Å²) in [4.78, 5) is 0. The molecule has 3 rings (SSSR count). The first kappa shape index (κ1) is 13.6. The molecular weight excluding hydrogens is 305 g/mol. The van der Waals surface area contributed by atoms with Crippen LogP contribution in [0.25, 0.3) is 0 Å². The molecule has 1 nitrogen and oxygen atoms in total. The molecular formula is C16H21BrFN. The van der Waals surface area contributed by atoms with Crippen molar-refractivity contribution in [3.63, 3.8) is 0 Å². The summed E-state index contributed by atoms with van der Waals surface area (Å²) in [5, 5.41) is 3.58. The number of benzene rings is 1. The number of rotatable bonds is 5. The molecule has 19 heavy (non-hydrogen) atoms. The van der Waals surface area contributed by atoms with Crippen LogP contribution in [0.4, 0.5) is 4.39 Å². The van der Waals surface area contributed by atoms with Gasteiger partial charge in [-0.1, -0.05) is 25.5 Å². The van der Waals surface area contributed by atoms with Gasteiger partial charge in [-0.05, 0) is 65.6 Å². The van der Waals surface area contributed by atoms with Gasteiger partial charge in [-0.15, -0.1) is 0 Å². The number of fused-ring (bicyclic) bond motifs is 1. The Bertz CT molecular complexity index is 452. The summed E-state index contributed by atoms with van der Waals surface area (Å²) in [5.41, 5.74) is 0.849. The van der Waals surface area contributed by atoms with Crippen molar-refractivity contribution in [3.8, 4) is 0 Å². The second-order valence-corrected chi connectivity index (χ2v) is 6.77. The Balaban J connectivity index is 1.84. The van der Waals surface area contributed by atoms with Gasteiger partial charge in [-0.25, -0.2) is 4.39 Å². The molecule has 1 aromatic rings. The van der Waals surface area contributed by atoms with Gasteiger partial charge in [-0.2, -0.15) is 0 Å². The molecule has 2 aliphatic rings. The Labute approximate surface area is 123 Å². The van der Waals surface area contributed by atoms with E-state index >= 15 is 0 Å². The summed E-state index contributed by atoms with van der Waals surface area (Å²) >= 11 is 3.31. The summed E-state index contributed by atoms with van der Waals surface area (Å²) in [6, 6.07) is 5.87. The topological polar surface area (TPSA) is 12.0 Å². The van der Waals surface area contributed by atoms with Crippen molar-refractivity contribution >= 4 is 15.9 Å². The Kier molecular flexibility index (Phi) is 3.95. The lowest BCUT2D eigenvalue weighted by atomic mass is 9.96. The van der Waals surface area contributed by atoms with Crippen LogP contribution in [0.1, 0.15) is 44.2 Å². The number of halogens is 2. The molecule has 0 aromatic heterocycles. The lowest BCUT2D eigenvalue weighted by molar-refractivity contribution is 0.403. The summed E-state index contributed by atoms with van der Waals surface area (Å²) in [7, 11) is 0. The fraction of sp³-hybridized carbons (Fsp3) is 0.625. The Morgan fingerprint density at radius 3 is 2.79 bits per heavy atom. The van der Waals surface area contributed by atoms with Crippen LogP contribution in [0, 0.1) is 23.6 Å². The van der Waals surface area contributed by atoms with Crippen LogP contribution in [-0.4, -0.2) is 6.54 Å². The highest BCUT2D eigenvalue weighted by Crippen LogP contribution is 2.62. The second-order valence-electron chi connectivity index (χ2n) is 5.91. The number of hydrogen-bond donors (Lipinski definition) is 1. The van der Waals surface area contributed by atoms with E-state index < -0.39 is 0 Å². The largest absolute Gasteiger partial charge is 0.310 e. The molecule has 0 amide bonds. The van der Waals surface area contributed by atoms with E-state index in [4.69, 9.17) is 0 Å². The minimum atomic E-state index is -0.0823. The predicted molar refractivity (Wildman–Crippen MR) is 79.5 cm³/mol. The van der Waals surface area contributed by atoms with E-state index in [-0.39, 0.29) is 11.9 Å². The van der Waals surface area contributed by atoms with Crippen LogP contribution in [0.5, 0.6) is 0 Å². The molecule has 1 N–H and O–H groups in total. The van der Waals surface area contributed by atoms with Gasteiger partial charge >= 0.3 is 0 Å². The highest BCUT2D eigenvalue weighted by molar-refractivity contribution is 9.10. The van der Waals surface area contributed by atoms with Gasteiger partial charge in [0.1, 0.15) is 5.82 Å². The summed E-state index contributed by atoms with van der Waals surface area (Å²) < 4.78 is 14.9. The van der Waals surface area contributed by atoms with Crippen LogP contribution in [0.15, 0.2) is 22.7 Å². The highest BCUT2D eigenvalue weighted by Gasteiger charge is 2.56. The van der Waals surface area contributed by atoms with Crippen molar-refractivity contribution in [2.45, 2.75) is 38.6 Å². The Morgan fingerprint density at radius 2 is 2.11 bits per heavy atom. The van der Waals surface area contributed by atoms with Gasteiger partial charge < -0.3 is 5.32 Å². The Hall–Kier alpha value is -0.410. The zero-order chi connectivity index (χ0) is 13.4. The standard InChI is InChI=1S/C16H21BrFN/c1-2-9-19-16(14-10-5-3-6-11(10)14)12-7-4-8-13(17)15(12)18/h4,7-8,10-11,14,16,19H,2-3,5-6,9H2,1H3. The summed E-state index contributed by atoms with van der Waals surface area (Å²) in [6.07, 6.45) is 5.14. The molecule has 0 aliphatic heterocycles. The van der Waals surface area contributed by atoms with Crippen molar-refractivity contribution in [3.05, 3.63) is 34.1 Å². The van der Waals surface area contributed by atoms with Crippen LogP contribution in [0.3, 0.4) is 0 Å². The van der Waals surface area contributed by atoms with E-state index in [1.807, 2.05) is 12.1 Å². The van der Waals surface area contributed by atoms with Crippen molar-refractivity contribution in [1.29, 1.82) is 0 Å². The van der Waals surface area contributed by atoms with E-state index in [0.717, 1.165) is 30.4 Å². The zero-order valence-electron chi connectivity index (χ0n) is 11.3. The number of hydrogen-bond acceptors (Lipinski definition) is 1. The summed E-state index contributed by atoms with van der Waals surface area (Å²) in [5.74, 6) is 2.26. The monoisotopic (exact) mass is 325 g/mol. The average Bonchev–Trinajstić information content (AvgIpc) is 2.87. The quantitative estimate of drug-likeness (QED) is 0.829. The fourth-order valence-electron chi connectivity index (χ4n) is 3.89. The molecule has 2 aliphatic carbocycles. The molecule has 2 fully saturated rings. The first-order valence-corrected chi connectivity index (χ1v) is 8.20. The van der Waals surface area contributed by atoms with Crippen molar-refractivity contribution in [1.82, 2.24) is 5.32 Å². The van der Waals surface area contributed by atoms with Gasteiger partial charge in [0, 0.05) is 11.6 Å². The molecule has 2 saturated carbocycles. The van der Waals surface area contributed by atoms with E-state index in [1.165, 1.54) is 19.3 Å². The van der Waals surface area contributed by atoms with Crippen molar-refractivity contribution < 1.29 is 4.39 Å². The molecule has 0 heterocycles. The molecule has 0 spiro atoms. The smallest absolute Gasteiger partial charge is 0.142 e. The van der Waals surface area contributed by atoms with E-state index in [2.05, 4.69) is 28.2 Å². The third-order valence-electron chi connectivity index (χ3n) is 4.79. The van der Waals surface area contributed by atoms with Gasteiger partial charge in [0.05, 0.1) is 4.47 Å². The van der Waals surface area contributed by atoms with E-state index in [0.29, 0.717) is 10.4 Å². The van der Waals surface area contributed by atoms with Crippen LogP contribution >= 0.6 is 15.9 Å². The molecule has 3 heteroatoms. The lowest BCUT2D eigenvalue weighted by Crippen LogP contribution is -2.26. The maximum absolute atomic E-state index is 14.4. The molecule has 3 atom stereocenters. The molecule has 0 bridgehead atoms. The predicted octanol–water partition coefficient (Wildman–Crippen LogP) is 4.68. The first-order chi connectivity index (χ1) is 9.24. The van der Waals surface area contributed by atoms with Gasteiger partial charge in [0.15, 0.2) is 0 Å². The van der Waals surface area contributed by atoms with Crippen LogP contribution in [-0.2, 0) is 0 Å². The Morgan fingerprint density at radius 1 is 1.37 bits per heavy atom. The molecule has 0 radical (unpaired) electrons. The van der Waals surface area contributed by atoms with E-state index in [1.54, 1.807) is 6.07 Å². The van der Waals surface area contributed by atoms with Crippen molar-refractivity contribution in [2.75, 3.05) is 6.54 Å². The fourth-order valence-corrected chi connectivity index (χ4v) is 4.27. The highest BCUT2D eigenvalue weighted by atomic mass is 79.9. The second kappa shape index (κ2) is 5.53. The SMILES string of the molecule is CCCNC(c1cccc(Br)c1F)C1C2CCCC21. The summed E-state index contributed by atoms with van der Waals surface area (Å²) in [6.45, 7) is 3.13. The first-order valence-electron chi connectivity index (χ1n) is 7.41. The minimum absolute atomic E-state index is 0.0823.